The Morgan fingerprint density at radius 1 is 1.54 bits per heavy atom. The number of hydrogen-bond donors (Lipinski definition) is 3. The third kappa shape index (κ3) is 1.91. The molecular weight excluding hydrogens is 195 g/mol. The number of phenols is 1. The predicted molar refractivity (Wildman–Crippen MR) is 49.1 cm³/mol. The molecule has 1 aromatic carbocycles. The van der Waals surface area contributed by atoms with E-state index in [1.54, 1.807) is 0 Å². The number of nitrogens with two attached hydrogens (primary N) is 2. The van der Waals surface area contributed by atoms with Crippen molar-refractivity contribution in [2.45, 2.75) is 6.04 Å². The fourth-order valence-electron chi connectivity index (χ4n) is 1.03. The molecule has 13 heavy (non-hydrogen) atoms. The van der Waals surface area contributed by atoms with Gasteiger partial charge in [0.05, 0.1) is 5.02 Å². The third-order valence-electron chi connectivity index (χ3n) is 1.74. The van der Waals surface area contributed by atoms with Gasteiger partial charge in [-0.15, -0.1) is 0 Å². The summed E-state index contributed by atoms with van der Waals surface area (Å²) in [7, 11) is 0. The maximum Gasteiger partial charge on any atom is 0.141 e. The number of halogens is 2. The highest BCUT2D eigenvalue weighted by atomic mass is 35.5. The van der Waals surface area contributed by atoms with E-state index in [9.17, 15) is 9.50 Å². The van der Waals surface area contributed by atoms with Crippen LogP contribution in [0.3, 0.4) is 0 Å². The second-order valence-electron chi connectivity index (χ2n) is 2.63. The highest BCUT2D eigenvalue weighted by Gasteiger charge is 2.16. The second-order valence-corrected chi connectivity index (χ2v) is 3.04. The third-order valence-corrected chi connectivity index (χ3v) is 2.04. The van der Waals surface area contributed by atoms with Crippen LogP contribution in [0.1, 0.15) is 11.6 Å². The minimum absolute atomic E-state index is 0.0324. The lowest BCUT2D eigenvalue weighted by Crippen LogP contribution is -2.22. The van der Waals surface area contributed by atoms with Crippen LogP contribution in [0.4, 0.5) is 4.39 Å². The molecule has 1 aromatic rings. The highest BCUT2D eigenvalue weighted by molar-refractivity contribution is 6.32. The van der Waals surface area contributed by atoms with Gasteiger partial charge in [0.25, 0.3) is 0 Å². The van der Waals surface area contributed by atoms with Gasteiger partial charge in [0.2, 0.25) is 0 Å². The van der Waals surface area contributed by atoms with Crippen LogP contribution >= 0.6 is 11.6 Å². The van der Waals surface area contributed by atoms with E-state index in [1.807, 2.05) is 0 Å². The molecule has 0 fully saturated rings. The Bertz CT molecular complexity index is 319. The number of aromatic hydroxyl groups is 1. The molecule has 0 bridgehead atoms. The summed E-state index contributed by atoms with van der Waals surface area (Å²) in [5.41, 5.74) is 10.7. The van der Waals surface area contributed by atoms with Crippen LogP contribution < -0.4 is 11.5 Å². The lowest BCUT2D eigenvalue weighted by Gasteiger charge is -2.12. The van der Waals surface area contributed by atoms with E-state index < -0.39 is 11.9 Å². The van der Waals surface area contributed by atoms with Crippen molar-refractivity contribution in [1.82, 2.24) is 0 Å². The van der Waals surface area contributed by atoms with Crippen molar-refractivity contribution in [1.29, 1.82) is 0 Å². The molecule has 5 heteroatoms. The van der Waals surface area contributed by atoms with E-state index in [4.69, 9.17) is 23.1 Å². The lowest BCUT2D eigenvalue weighted by atomic mass is 10.1. The van der Waals surface area contributed by atoms with Crippen LogP contribution in [0.2, 0.25) is 5.02 Å². The smallest absolute Gasteiger partial charge is 0.141 e. The molecule has 3 nitrogen and oxygen atoms in total. The van der Waals surface area contributed by atoms with Gasteiger partial charge in [-0.05, 0) is 12.1 Å². The van der Waals surface area contributed by atoms with Crippen LogP contribution in [0.5, 0.6) is 5.75 Å². The molecule has 0 spiro atoms. The first-order valence-corrected chi connectivity index (χ1v) is 4.08. The Kier molecular flexibility index (Phi) is 3.08. The second kappa shape index (κ2) is 3.91. The zero-order valence-corrected chi connectivity index (χ0v) is 7.55. The molecule has 5 N–H and O–H groups in total. The van der Waals surface area contributed by atoms with E-state index in [0.717, 1.165) is 6.07 Å². The minimum atomic E-state index is -0.737. The number of phenolic OH excluding ortho intramolecular Hbond substituents is 1. The molecule has 0 aliphatic carbocycles. The summed E-state index contributed by atoms with van der Waals surface area (Å²) in [6.45, 7) is 0.0465. The molecule has 0 saturated carbocycles. The van der Waals surface area contributed by atoms with Crippen LogP contribution in [0.15, 0.2) is 12.1 Å². The normalized spacial score (nSPS) is 12.9. The first kappa shape index (κ1) is 10.2. The Balaban J connectivity index is 3.25. The van der Waals surface area contributed by atoms with Gasteiger partial charge in [-0.2, -0.15) is 0 Å². The summed E-state index contributed by atoms with van der Waals surface area (Å²) in [5, 5.41) is 9.44. The largest absolute Gasteiger partial charge is 0.506 e. The van der Waals surface area contributed by atoms with Crippen molar-refractivity contribution in [3.8, 4) is 5.75 Å². The summed E-state index contributed by atoms with van der Waals surface area (Å²) in [6, 6.07) is 1.67. The van der Waals surface area contributed by atoms with E-state index >= 15 is 0 Å². The van der Waals surface area contributed by atoms with Crippen LogP contribution in [-0.2, 0) is 0 Å². The maximum absolute atomic E-state index is 13.1. The molecule has 0 amide bonds. The Morgan fingerprint density at radius 2 is 2.15 bits per heavy atom. The molecule has 0 aliphatic rings. The molecule has 0 aromatic heterocycles. The minimum Gasteiger partial charge on any atom is -0.506 e. The quantitative estimate of drug-likeness (QED) is 0.677. The first-order chi connectivity index (χ1) is 6.07. The molecule has 0 aliphatic heterocycles. The van der Waals surface area contributed by atoms with E-state index in [-0.39, 0.29) is 22.9 Å². The number of rotatable bonds is 2. The molecule has 0 saturated heterocycles. The zero-order chi connectivity index (χ0) is 10.0. The molecule has 1 atom stereocenters. The summed E-state index contributed by atoms with van der Waals surface area (Å²) in [5.74, 6) is -0.931. The Morgan fingerprint density at radius 3 is 2.69 bits per heavy atom. The average molecular weight is 205 g/mol. The number of hydrogen-bond acceptors (Lipinski definition) is 3. The maximum atomic E-state index is 13.1. The summed E-state index contributed by atoms with van der Waals surface area (Å²) in [4.78, 5) is 0. The summed E-state index contributed by atoms with van der Waals surface area (Å²) < 4.78 is 13.1. The molecule has 1 unspecified atom stereocenters. The van der Waals surface area contributed by atoms with Crippen LogP contribution in [0, 0.1) is 5.82 Å². The van der Waals surface area contributed by atoms with Crippen LogP contribution in [0.25, 0.3) is 0 Å². The fraction of sp³-hybridized carbons (Fsp3) is 0.250. The molecule has 0 heterocycles. The zero-order valence-electron chi connectivity index (χ0n) is 6.80. The van der Waals surface area contributed by atoms with E-state index in [2.05, 4.69) is 0 Å². The number of benzene rings is 1. The van der Waals surface area contributed by atoms with Crippen molar-refractivity contribution in [3.63, 3.8) is 0 Å². The van der Waals surface area contributed by atoms with Crippen molar-refractivity contribution < 1.29 is 9.50 Å². The van der Waals surface area contributed by atoms with E-state index in [0.29, 0.717) is 0 Å². The van der Waals surface area contributed by atoms with Gasteiger partial charge in [-0.3, -0.25) is 0 Å². The summed E-state index contributed by atoms with van der Waals surface area (Å²) >= 11 is 5.57. The Hall–Kier alpha value is -0.840. The average Bonchev–Trinajstić information content (AvgIpc) is 2.12. The topological polar surface area (TPSA) is 72.3 Å². The summed E-state index contributed by atoms with van der Waals surface area (Å²) in [6.07, 6.45) is 0. The van der Waals surface area contributed by atoms with Crippen LogP contribution in [-0.4, -0.2) is 11.7 Å². The predicted octanol–water partition coefficient (Wildman–Crippen LogP) is 1.14. The lowest BCUT2D eigenvalue weighted by molar-refractivity contribution is 0.450. The van der Waals surface area contributed by atoms with Crippen molar-refractivity contribution in [3.05, 3.63) is 28.5 Å². The van der Waals surface area contributed by atoms with Gasteiger partial charge >= 0.3 is 0 Å². The van der Waals surface area contributed by atoms with Gasteiger partial charge in [0, 0.05) is 18.2 Å². The fourth-order valence-corrected chi connectivity index (χ4v) is 1.19. The van der Waals surface area contributed by atoms with Crippen molar-refractivity contribution >= 4 is 11.6 Å². The molecule has 72 valence electrons. The van der Waals surface area contributed by atoms with Gasteiger partial charge in [-0.1, -0.05) is 11.6 Å². The molecule has 0 radical (unpaired) electrons. The van der Waals surface area contributed by atoms with Gasteiger partial charge in [-0.25, -0.2) is 4.39 Å². The SMILES string of the molecule is NCC(N)c1c(F)ccc(Cl)c1O. The highest BCUT2D eigenvalue weighted by Crippen LogP contribution is 2.32. The van der Waals surface area contributed by atoms with Gasteiger partial charge in [0.15, 0.2) is 0 Å². The molecule has 1 rings (SSSR count). The van der Waals surface area contributed by atoms with Crippen molar-refractivity contribution in [2.24, 2.45) is 11.5 Å². The van der Waals surface area contributed by atoms with Crippen molar-refractivity contribution in [2.75, 3.05) is 6.54 Å². The Labute approximate surface area is 80.1 Å². The first-order valence-electron chi connectivity index (χ1n) is 3.70. The standard InChI is InChI=1S/C8H10ClFN2O/c9-4-1-2-5(10)7(8(4)13)6(12)3-11/h1-2,6,13H,3,11-12H2. The van der Waals surface area contributed by atoms with E-state index in [1.165, 1.54) is 6.07 Å². The monoisotopic (exact) mass is 204 g/mol. The van der Waals surface area contributed by atoms with Gasteiger partial charge in [0.1, 0.15) is 11.6 Å². The molecular formula is C8H10ClFN2O. The van der Waals surface area contributed by atoms with Gasteiger partial charge < -0.3 is 16.6 Å².